The average Bonchev–Trinajstić information content (AvgIpc) is 2.88. The van der Waals surface area contributed by atoms with E-state index in [1.165, 1.54) is 6.92 Å². The van der Waals surface area contributed by atoms with Gasteiger partial charge in [-0.05, 0) is 45.6 Å². The Balaban J connectivity index is 1.99. The van der Waals surface area contributed by atoms with Gasteiger partial charge in [0.2, 0.25) is 0 Å². The normalized spacial score (nSPS) is 37.5. The molecular weight excluding hydrogens is 286 g/mol. The van der Waals surface area contributed by atoms with Crippen LogP contribution in [0.5, 0.6) is 0 Å². The number of hydrogen-bond acceptors (Lipinski definition) is 6. The van der Waals surface area contributed by atoms with Crippen LogP contribution in [0.2, 0.25) is 0 Å². The van der Waals surface area contributed by atoms with E-state index in [-0.39, 0.29) is 18.4 Å². The van der Waals surface area contributed by atoms with Gasteiger partial charge in [0, 0.05) is 13.5 Å². The van der Waals surface area contributed by atoms with Crippen LogP contribution in [0.3, 0.4) is 0 Å². The predicted molar refractivity (Wildman–Crippen MR) is 77.0 cm³/mol. The number of fused-ring (bicyclic) bond motifs is 1. The monoisotopic (exact) mass is 309 g/mol. The highest BCUT2D eigenvalue weighted by atomic mass is 16.5. The third kappa shape index (κ3) is 1.93. The quantitative estimate of drug-likeness (QED) is 0.573. The highest BCUT2D eigenvalue weighted by Gasteiger charge is 2.68. The van der Waals surface area contributed by atoms with E-state index in [9.17, 15) is 14.4 Å². The van der Waals surface area contributed by atoms with Crippen molar-refractivity contribution < 1.29 is 23.9 Å². The number of esters is 2. The zero-order chi connectivity index (χ0) is 16.0. The summed E-state index contributed by atoms with van der Waals surface area (Å²) in [7, 11) is 0. The lowest BCUT2D eigenvalue weighted by atomic mass is 9.58. The highest BCUT2D eigenvalue weighted by Crippen LogP contribution is 2.53. The molecule has 0 aromatic carbocycles. The lowest BCUT2D eigenvalue weighted by Gasteiger charge is -2.54. The molecule has 2 saturated heterocycles. The van der Waals surface area contributed by atoms with E-state index < -0.39 is 23.0 Å². The predicted octanol–water partition coefficient (Wildman–Crippen LogP) is 1.07. The van der Waals surface area contributed by atoms with Crippen LogP contribution >= 0.6 is 0 Å². The molecule has 2 aliphatic heterocycles. The minimum atomic E-state index is -1.03. The number of nitrogens with zero attached hydrogens (tertiary/aromatic N) is 1. The summed E-state index contributed by atoms with van der Waals surface area (Å²) < 4.78 is 10.7. The first-order valence-electron chi connectivity index (χ1n) is 8.12. The fraction of sp³-hybridized carbons (Fsp3) is 0.812. The molecule has 3 fully saturated rings. The molecule has 1 spiro atoms. The SMILES string of the molecule is CCOC(=O)[C@@]12CC[C@H](OC(C)=O)[C@]3(CCCN3CC1)C2=O. The first kappa shape index (κ1) is 15.5. The molecule has 0 N–H and O–H groups in total. The summed E-state index contributed by atoms with van der Waals surface area (Å²) in [5, 5.41) is 0. The van der Waals surface area contributed by atoms with Crippen molar-refractivity contribution in [1.29, 1.82) is 0 Å². The summed E-state index contributed by atoms with van der Waals surface area (Å²) in [6.45, 7) is 4.91. The summed E-state index contributed by atoms with van der Waals surface area (Å²) in [6.07, 6.45) is 2.58. The van der Waals surface area contributed by atoms with Gasteiger partial charge in [-0.25, -0.2) is 0 Å². The van der Waals surface area contributed by atoms with Crippen LogP contribution in [0.15, 0.2) is 0 Å². The van der Waals surface area contributed by atoms with Crippen molar-refractivity contribution in [2.75, 3.05) is 19.7 Å². The molecule has 2 heterocycles. The van der Waals surface area contributed by atoms with Gasteiger partial charge in [0.15, 0.2) is 5.78 Å². The van der Waals surface area contributed by atoms with E-state index in [0.717, 1.165) is 13.0 Å². The largest absolute Gasteiger partial charge is 0.465 e. The van der Waals surface area contributed by atoms with Crippen molar-refractivity contribution in [3.63, 3.8) is 0 Å². The van der Waals surface area contributed by atoms with Gasteiger partial charge in [-0.1, -0.05) is 0 Å². The molecule has 6 nitrogen and oxygen atoms in total. The van der Waals surface area contributed by atoms with E-state index in [1.807, 2.05) is 0 Å². The molecule has 22 heavy (non-hydrogen) atoms. The van der Waals surface area contributed by atoms with Crippen molar-refractivity contribution in [1.82, 2.24) is 4.90 Å². The van der Waals surface area contributed by atoms with Crippen molar-refractivity contribution in [3.8, 4) is 0 Å². The van der Waals surface area contributed by atoms with Crippen LogP contribution in [0, 0.1) is 5.41 Å². The van der Waals surface area contributed by atoms with Crippen LogP contribution < -0.4 is 0 Å². The first-order chi connectivity index (χ1) is 10.5. The highest BCUT2D eigenvalue weighted by molar-refractivity contribution is 6.10. The van der Waals surface area contributed by atoms with Gasteiger partial charge in [-0.3, -0.25) is 19.3 Å². The molecule has 122 valence electrons. The molecule has 6 heteroatoms. The maximum Gasteiger partial charge on any atom is 0.319 e. The van der Waals surface area contributed by atoms with Crippen LogP contribution in [0.1, 0.15) is 46.0 Å². The summed E-state index contributed by atoms with van der Waals surface area (Å²) in [5.74, 6) is -0.847. The number of ketones is 1. The zero-order valence-electron chi connectivity index (χ0n) is 13.2. The van der Waals surface area contributed by atoms with Gasteiger partial charge in [0.1, 0.15) is 17.1 Å². The zero-order valence-corrected chi connectivity index (χ0v) is 13.2. The number of carbonyl (C=O) groups is 3. The Kier molecular flexibility index (Phi) is 3.75. The Labute approximate surface area is 130 Å². The lowest BCUT2D eigenvalue weighted by molar-refractivity contribution is -0.188. The number of piperidine rings is 1. The van der Waals surface area contributed by atoms with E-state index >= 15 is 0 Å². The number of hydrogen-bond donors (Lipinski definition) is 0. The average molecular weight is 309 g/mol. The second kappa shape index (κ2) is 5.33. The van der Waals surface area contributed by atoms with Gasteiger partial charge in [-0.15, -0.1) is 0 Å². The molecule has 3 atom stereocenters. The van der Waals surface area contributed by atoms with Gasteiger partial charge < -0.3 is 9.47 Å². The molecule has 0 unspecified atom stereocenters. The number of ether oxygens (including phenoxy) is 2. The van der Waals surface area contributed by atoms with Gasteiger partial charge in [-0.2, -0.15) is 0 Å². The van der Waals surface area contributed by atoms with Crippen LogP contribution in [0.4, 0.5) is 0 Å². The van der Waals surface area contributed by atoms with Crippen molar-refractivity contribution in [2.24, 2.45) is 5.41 Å². The smallest absolute Gasteiger partial charge is 0.319 e. The van der Waals surface area contributed by atoms with E-state index in [4.69, 9.17) is 9.47 Å². The Hall–Kier alpha value is -1.43. The van der Waals surface area contributed by atoms with Crippen LogP contribution in [-0.4, -0.2) is 54.0 Å². The molecule has 1 aliphatic carbocycles. The Morgan fingerprint density at radius 3 is 2.73 bits per heavy atom. The fourth-order valence-corrected chi connectivity index (χ4v) is 4.61. The molecule has 1 saturated carbocycles. The third-order valence-corrected chi connectivity index (χ3v) is 5.53. The summed E-state index contributed by atoms with van der Waals surface area (Å²) in [5.41, 5.74) is -1.84. The molecular formula is C16H23NO5. The van der Waals surface area contributed by atoms with E-state index in [0.29, 0.717) is 32.2 Å². The maximum atomic E-state index is 13.3. The van der Waals surface area contributed by atoms with Crippen LogP contribution in [-0.2, 0) is 23.9 Å². The topological polar surface area (TPSA) is 72.9 Å². The second-order valence-corrected chi connectivity index (χ2v) is 6.53. The van der Waals surface area contributed by atoms with Crippen molar-refractivity contribution >= 4 is 17.7 Å². The van der Waals surface area contributed by atoms with Gasteiger partial charge in [0.25, 0.3) is 0 Å². The van der Waals surface area contributed by atoms with Crippen molar-refractivity contribution in [3.05, 3.63) is 0 Å². The van der Waals surface area contributed by atoms with Crippen LogP contribution in [0.25, 0.3) is 0 Å². The minimum absolute atomic E-state index is 0.0836. The molecule has 3 rings (SSSR count). The number of Topliss-reactive ketones (excluding diaryl/α,β-unsaturated/α-hetero) is 1. The number of carbonyl (C=O) groups excluding carboxylic acids is 3. The molecule has 0 aromatic heterocycles. The maximum absolute atomic E-state index is 13.3. The lowest BCUT2D eigenvalue weighted by Crippen LogP contribution is -2.72. The molecule has 0 amide bonds. The minimum Gasteiger partial charge on any atom is -0.465 e. The number of rotatable bonds is 3. The standard InChI is InChI=1S/C16H23NO5/c1-3-21-14(20)15-7-5-12(22-11(2)18)16(13(15)19)6-4-9-17(16)10-8-15/h12H,3-10H2,1-2H3/t12-,15-,16+/m0/s1. The summed E-state index contributed by atoms with van der Waals surface area (Å²) >= 11 is 0. The summed E-state index contributed by atoms with van der Waals surface area (Å²) in [4.78, 5) is 39.4. The Morgan fingerprint density at radius 2 is 2.05 bits per heavy atom. The van der Waals surface area contributed by atoms with Crippen molar-refractivity contribution in [2.45, 2.75) is 57.6 Å². The molecule has 0 radical (unpaired) electrons. The third-order valence-electron chi connectivity index (χ3n) is 5.53. The second-order valence-electron chi connectivity index (χ2n) is 6.53. The Morgan fingerprint density at radius 1 is 1.27 bits per heavy atom. The fourth-order valence-electron chi connectivity index (χ4n) is 4.61. The molecule has 2 bridgehead atoms. The van der Waals surface area contributed by atoms with E-state index in [2.05, 4.69) is 4.90 Å². The molecule has 0 aromatic rings. The first-order valence-corrected chi connectivity index (χ1v) is 8.12. The Bertz CT molecular complexity index is 519. The van der Waals surface area contributed by atoms with Gasteiger partial charge >= 0.3 is 11.9 Å². The van der Waals surface area contributed by atoms with Gasteiger partial charge in [0.05, 0.1) is 6.61 Å². The van der Waals surface area contributed by atoms with E-state index in [1.54, 1.807) is 6.92 Å². The molecule has 3 aliphatic rings. The summed E-state index contributed by atoms with van der Waals surface area (Å²) in [6, 6.07) is 0.